The summed E-state index contributed by atoms with van der Waals surface area (Å²) in [6, 6.07) is 10.7. The summed E-state index contributed by atoms with van der Waals surface area (Å²) in [6.07, 6.45) is 1.29. The molecule has 0 saturated carbocycles. The third kappa shape index (κ3) is 6.48. The summed E-state index contributed by atoms with van der Waals surface area (Å²) >= 11 is 1.29. The Balaban J connectivity index is 0.00000363. The van der Waals surface area contributed by atoms with Crippen LogP contribution in [-0.4, -0.2) is 56.6 Å². The number of fused-ring (bicyclic) bond motifs is 1. The molecule has 6 nitrogen and oxygen atoms in total. The molecule has 1 aromatic heterocycles. The van der Waals surface area contributed by atoms with Crippen LogP contribution >= 0.6 is 23.7 Å². The fraction of sp³-hybridized carbons (Fsp3) is 0.364. The van der Waals surface area contributed by atoms with Crippen molar-refractivity contribution in [3.05, 3.63) is 53.8 Å². The van der Waals surface area contributed by atoms with Crippen LogP contribution < -0.4 is 4.90 Å². The second kappa shape index (κ2) is 11.2. The zero-order chi connectivity index (χ0) is 22.6. The molecule has 0 N–H and O–H groups in total. The molecular formula is C22H27ClFN3O3S2. The predicted octanol–water partition coefficient (Wildman–Crippen LogP) is 4.18. The van der Waals surface area contributed by atoms with E-state index in [1.165, 1.54) is 35.8 Å². The second-order valence-electron chi connectivity index (χ2n) is 7.27. The van der Waals surface area contributed by atoms with E-state index in [1.807, 2.05) is 0 Å². The van der Waals surface area contributed by atoms with E-state index in [2.05, 4.69) is 23.7 Å². The van der Waals surface area contributed by atoms with Crippen molar-refractivity contribution < 1.29 is 17.6 Å². The van der Waals surface area contributed by atoms with Gasteiger partial charge in [-0.3, -0.25) is 9.69 Å². The number of amides is 1. The van der Waals surface area contributed by atoms with Crippen molar-refractivity contribution in [2.75, 3.05) is 37.3 Å². The molecule has 0 aliphatic carbocycles. The Morgan fingerprint density at radius 2 is 1.72 bits per heavy atom. The van der Waals surface area contributed by atoms with Crippen LogP contribution in [0.2, 0.25) is 0 Å². The highest BCUT2D eigenvalue weighted by Crippen LogP contribution is 2.31. The number of nitrogens with zero attached hydrogens (tertiary/aromatic N) is 3. The maximum absolute atomic E-state index is 13.2. The fourth-order valence-corrected chi connectivity index (χ4v) is 4.99. The van der Waals surface area contributed by atoms with Crippen molar-refractivity contribution in [1.29, 1.82) is 0 Å². The molecule has 0 atom stereocenters. The van der Waals surface area contributed by atoms with Gasteiger partial charge in [0.25, 0.3) is 0 Å². The van der Waals surface area contributed by atoms with Gasteiger partial charge >= 0.3 is 0 Å². The lowest BCUT2D eigenvalue weighted by Crippen LogP contribution is -2.39. The monoisotopic (exact) mass is 499 g/mol. The van der Waals surface area contributed by atoms with Gasteiger partial charge in [0.15, 0.2) is 15.0 Å². The van der Waals surface area contributed by atoms with Gasteiger partial charge in [-0.15, -0.1) is 12.4 Å². The molecule has 0 bridgehead atoms. The second-order valence-corrected chi connectivity index (χ2v) is 10.3. The number of carbonyl (C=O) groups excluding carboxylic acids is 1. The molecule has 0 fully saturated rings. The Morgan fingerprint density at radius 3 is 2.31 bits per heavy atom. The third-order valence-corrected chi connectivity index (χ3v) is 7.26. The molecular weight excluding hydrogens is 473 g/mol. The van der Waals surface area contributed by atoms with E-state index in [0.717, 1.165) is 18.7 Å². The number of halogens is 2. The lowest BCUT2D eigenvalue weighted by molar-refractivity contribution is -0.118. The van der Waals surface area contributed by atoms with Crippen LogP contribution in [0.4, 0.5) is 9.52 Å². The fourth-order valence-electron chi connectivity index (χ4n) is 3.22. The Hall–Kier alpha value is -2.07. The van der Waals surface area contributed by atoms with Gasteiger partial charge in [-0.25, -0.2) is 17.8 Å². The first-order valence-corrected chi connectivity index (χ1v) is 12.8. The molecule has 3 aromatic rings. The SMILES string of the molecule is CCN(CC)CCN(C(=O)Cc1ccc(F)cc1)c1nc2ccc(S(C)(=O)=O)cc2s1.Cl. The lowest BCUT2D eigenvalue weighted by atomic mass is 10.1. The van der Waals surface area contributed by atoms with Gasteiger partial charge in [0.05, 0.1) is 21.5 Å². The molecule has 0 unspecified atom stereocenters. The van der Waals surface area contributed by atoms with Gasteiger partial charge in [-0.1, -0.05) is 37.3 Å². The maximum atomic E-state index is 13.2. The number of likely N-dealkylation sites (N-methyl/N-ethyl adjacent to an activating group) is 1. The largest absolute Gasteiger partial charge is 0.302 e. The topological polar surface area (TPSA) is 70.6 Å². The number of carbonyl (C=O) groups is 1. The number of rotatable bonds is 9. The first-order chi connectivity index (χ1) is 14.7. The molecule has 0 saturated heterocycles. The molecule has 174 valence electrons. The van der Waals surface area contributed by atoms with Crippen LogP contribution in [0.3, 0.4) is 0 Å². The highest BCUT2D eigenvalue weighted by molar-refractivity contribution is 7.90. The van der Waals surface area contributed by atoms with Gasteiger partial charge in [0, 0.05) is 19.3 Å². The van der Waals surface area contributed by atoms with E-state index in [0.29, 0.717) is 28.4 Å². The zero-order valence-electron chi connectivity index (χ0n) is 18.2. The summed E-state index contributed by atoms with van der Waals surface area (Å²) in [5.41, 5.74) is 1.37. The van der Waals surface area contributed by atoms with Crippen molar-refractivity contribution in [3.63, 3.8) is 0 Å². The zero-order valence-corrected chi connectivity index (χ0v) is 20.7. The molecule has 2 aromatic carbocycles. The Kier molecular flexibility index (Phi) is 9.15. The number of hydrogen-bond donors (Lipinski definition) is 0. The summed E-state index contributed by atoms with van der Waals surface area (Å²) in [7, 11) is -3.33. The normalized spacial score (nSPS) is 11.5. The third-order valence-electron chi connectivity index (χ3n) is 5.11. The minimum absolute atomic E-state index is 0. The number of sulfone groups is 1. The van der Waals surface area contributed by atoms with E-state index < -0.39 is 9.84 Å². The summed E-state index contributed by atoms with van der Waals surface area (Å²) in [5, 5.41) is 0.528. The maximum Gasteiger partial charge on any atom is 0.233 e. The van der Waals surface area contributed by atoms with Crippen molar-refractivity contribution in [1.82, 2.24) is 9.88 Å². The van der Waals surface area contributed by atoms with E-state index in [1.54, 1.807) is 29.2 Å². The van der Waals surface area contributed by atoms with Crippen LogP contribution in [0.25, 0.3) is 10.2 Å². The van der Waals surface area contributed by atoms with Gasteiger partial charge in [-0.2, -0.15) is 0 Å². The number of thiazole rings is 1. The quantitative estimate of drug-likeness (QED) is 0.441. The minimum Gasteiger partial charge on any atom is -0.302 e. The summed E-state index contributed by atoms with van der Waals surface area (Å²) < 4.78 is 37.7. The van der Waals surface area contributed by atoms with Crippen LogP contribution in [0.1, 0.15) is 19.4 Å². The molecule has 0 aliphatic heterocycles. The van der Waals surface area contributed by atoms with Crippen LogP contribution in [0.15, 0.2) is 47.4 Å². The van der Waals surface area contributed by atoms with E-state index in [4.69, 9.17) is 0 Å². The average molecular weight is 500 g/mol. The average Bonchev–Trinajstić information content (AvgIpc) is 3.15. The van der Waals surface area contributed by atoms with E-state index in [-0.39, 0.29) is 35.4 Å². The molecule has 32 heavy (non-hydrogen) atoms. The van der Waals surface area contributed by atoms with E-state index in [9.17, 15) is 17.6 Å². The minimum atomic E-state index is -3.33. The van der Waals surface area contributed by atoms with Gasteiger partial charge in [0.2, 0.25) is 5.91 Å². The Labute approximate surface area is 198 Å². The van der Waals surface area contributed by atoms with Gasteiger partial charge < -0.3 is 4.90 Å². The highest BCUT2D eigenvalue weighted by atomic mass is 35.5. The Morgan fingerprint density at radius 1 is 1.06 bits per heavy atom. The van der Waals surface area contributed by atoms with Crippen molar-refractivity contribution in [2.24, 2.45) is 0 Å². The summed E-state index contributed by atoms with van der Waals surface area (Å²) in [5.74, 6) is -0.483. The lowest BCUT2D eigenvalue weighted by Gasteiger charge is -2.24. The predicted molar refractivity (Wildman–Crippen MR) is 130 cm³/mol. The Bertz CT molecular complexity index is 1160. The van der Waals surface area contributed by atoms with Crippen molar-refractivity contribution in [3.8, 4) is 0 Å². The molecule has 10 heteroatoms. The van der Waals surface area contributed by atoms with Crippen LogP contribution in [-0.2, 0) is 21.1 Å². The molecule has 3 rings (SSSR count). The van der Waals surface area contributed by atoms with Crippen LogP contribution in [0.5, 0.6) is 0 Å². The molecule has 0 aliphatic rings. The number of aromatic nitrogens is 1. The highest BCUT2D eigenvalue weighted by Gasteiger charge is 2.21. The number of hydrogen-bond acceptors (Lipinski definition) is 6. The van der Waals surface area contributed by atoms with Gasteiger partial charge in [0.1, 0.15) is 5.82 Å². The smallest absolute Gasteiger partial charge is 0.233 e. The molecule has 0 radical (unpaired) electrons. The molecule has 0 spiro atoms. The van der Waals surface area contributed by atoms with Crippen molar-refractivity contribution in [2.45, 2.75) is 25.2 Å². The summed E-state index contributed by atoms with van der Waals surface area (Å²) in [4.78, 5) is 21.9. The molecule has 1 heterocycles. The van der Waals surface area contributed by atoms with Gasteiger partial charge in [-0.05, 0) is 49.0 Å². The first-order valence-electron chi connectivity index (χ1n) is 10.1. The molecule has 1 amide bonds. The first kappa shape index (κ1) is 26.2. The van der Waals surface area contributed by atoms with Crippen molar-refractivity contribution >= 4 is 54.8 Å². The van der Waals surface area contributed by atoms with Crippen LogP contribution in [0, 0.1) is 5.82 Å². The summed E-state index contributed by atoms with van der Waals surface area (Å²) in [6.45, 7) is 7.02. The standard InChI is InChI=1S/C22H26FN3O3S2.ClH/c1-4-25(5-2)12-13-26(21(27)14-16-6-8-17(23)9-7-16)22-24-19-11-10-18(31(3,28)29)15-20(19)30-22;/h6-11,15H,4-5,12-14H2,1-3H3;1H. The number of benzene rings is 2. The van der Waals surface area contributed by atoms with E-state index >= 15 is 0 Å². The number of anilines is 1.